The molecule has 3 aliphatic rings. The van der Waals surface area contributed by atoms with E-state index >= 15 is 0 Å². The maximum atomic E-state index is 12.3. The number of hydrogen-bond acceptors (Lipinski definition) is 4. The van der Waals surface area contributed by atoms with Gasteiger partial charge in [-0.05, 0) is 33.6 Å². The van der Waals surface area contributed by atoms with Crippen molar-refractivity contribution in [2.75, 3.05) is 0 Å². The number of fused-ring (bicyclic) bond motifs is 2. The van der Waals surface area contributed by atoms with Crippen molar-refractivity contribution in [1.82, 2.24) is 15.5 Å². The van der Waals surface area contributed by atoms with Gasteiger partial charge in [-0.25, -0.2) is 9.59 Å². The molecule has 2 unspecified atom stereocenters. The highest BCUT2D eigenvalue weighted by molar-refractivity contribution is 6.07. The van der Waals surface area contributed by atoms with Gasteiger partial charge in [0.15, 0.2) is 0 Å². The van der Waals surface area contributed by atoms with Crippen LogP contribution >= 0.6 is 0 Å². The van der Waals surface area contributed by atoms with E-state index in [1.165, 1.54) is 0 Å². The summed E-state index contributed by atoms with van der Waals surface area (Å²) >= 11 is 0. The zero-order valence-corrected chi connectivity index (χ0v) is 12.6. The molecular weight excluding hydrogens is 274 g/mol. The second-order valence-corrected chi connectivity index (χ2v) is 7.17. The first-order valence-corrected chi connectivity index (χ1v) is 7.35. The smallest absolute Gasteiger partial charge is 0.410 e. The van der Waals surface area contributed by atoms with E-state index in [9.17, 15) is 14.4 Å². The first-order valence-electron chi connectivity index (χ1n) is 7.35. The molecule has 1 spiro atoms. The summed E-state index contributed by atoms with van der Waals surface area (Å²) in [7, 11) is 0. The van der Waals surface area contributed by atoms with E-state index in [1.54, 1.807) is 4.90 Å². The summed E-state index contributed by atoms with van der Waals surface area (Å²) in [6.45, 7) is 5.51. The summed E-state index contributed by atoms with van der Waals surface area (Å²) in [5.41, 5.74) is -1.38. The average Bonchev–Trinajstić information content (AvgIpc) is 2.73. The van der Waals surface area contributed by atoms with E-state index in [2.05, 4.69) is 10.6 Å². The Morgan fingerprint density at radius 1 is 1.24 bits per heavy atom. The molecule has 0 aromatic rings. The standard InChI is InChI=1S/C14H21N3O4/c1-13(2,3)21-12(20)17-8-4-5-9(17)7-14(6-8)10(18)15-11(19)16-14/h8-9H,4-7H2,1-3H3,(H2,15,16,18,19). The Hall–Kier alpha value is -1.79. The summed E-state index contributed by atoms with van der Waals surface area (Å²) in [6.07, 6.45) is 2.28. The van der Waals surface area contributed by atoms with Gasteiger partial charge in [-0.3, -0.25) is 10.1 Å². The number of carbonyl (C=O) groups is 3. The van der Waals surface area contributed by atoms with Gasteiger partial charge in [-0.1, -0.05) is 0 Å². The Bertz CT molecular complexity index is 497. The van der Waals surface area contributed by atoms with Crippen LogP contribution in [0.3, 0.4) is 0 Å². The van der Waals surface area contributed by atoms with Gasteiger partial charge >= 0.3 is 12.1 Å². The van der Waals surface area contributed by atoms with Crippen molar-refractivity contribution in [3.8, 4) is 0 Å². The lowest BCUT2D eigenvalue weighted by atomic mass is 9.83. The molecule has 0 aromatic heterocycles. The molecule has 21 heavy (non-hydrogen) atoms. The van der Waals surface area contributed by atoms with Crippen LogP contribution < -0.4 is 10.6 Å². The minimum atomic E-state index is -0.846. The highest BCUT2D eigenvalue weighted by atomic mass is 16.6. The third-order valence-electron chi connectivity index (χ3n) is 4.41. The third kappa shape index (κ3) is 2.34. The predicted molar refractivity (Wildman–Crippen MR) is 73.5 cm³/mol. The summed E-state index contributed by atoms with van der Waals surface area (Å²) < 4.78 is 5.46. The monoisotopic (exact) mass is 295 g/mol. The van der Waals surface area contributed by atoms with Crippen molar-refractivity contribution in [3.05, 3.63) is 0 Å². The number of urea groups is 1. The van der Waals surface area contributed by atoms with E-state index in [1.807, 2.05) is 20.8 Å². The third-order valence-corrected chi connectivity index (χ3v) is 4.41. The number of hydrogen-bond donors (Lipinski definition) is 2. The number of rotatable bonds is 0. The van der Waals surface area contributed by atoms with Crippen molar-refractivity contribution < 1.29 is 19.1 Å². The molecule has 3 fully saturated rings. The van der Waals surface area contributed by atoms with Crippen molar-refractivity contribution in [1.29, 1.82) is 0 Å². The summed E-state index contributed by atoms with van der Waals surface area (Å²) in [4.78, 5) is 37.6. The van der Waals surface area contributed by atoms with E-state index in [-0.39, 0.29) is 24.1 Å². The van der Waals surface area contributed by atoms with E-state index in [0.717, 1.165) is 12.8 Å². The zero-order chi connectivity index (χ0) is 15.4. The fraction of sp³-hybridized carbons (Fsp3) is 0.786. The Morgan fingerprint density at radius 3 is 2.24 bits per heavy atom. The number of nitrogens with one attached hydrogen (secondary N) is 2. The largest absolute Gasteiger partial charge is 0.444 e. The lowest BCUT2D eigenvalue weighted by Gasteiger charge is -2.43. The lowest BCUT2D eigenvalue weighted by Crippen LogP contribution is -2.60. The SMILES string of the molecule is CC(C)(C)OC(=O)N1C2CCC1CC1(C2)NC(=O)NC1=O. The molecular formula is C14H21N3O4. The summed E-state index contributed by atoms with van der Waals surface area (Å²) in [6, 6.07) is -0.546. The number of carbonyl (C=O) groups excluding carboxylic acids is 3. The molecule has 2 atom stereocenters. The van der Waals surface area contributed by atoms with Gasteiger partial charge in [0.1, 0.15) is 11.1 Å². The van der Waals surface area contributed by atoms with Crippen LogP contribution in [0.15, 0.2) is 0 Å². The molecule has 3 saturated heterocycles. The molecule has 2 bridgehead atoms. The molecule has 4 amide bonds. The molecule has 0 saturated carbocycles. The number of nitrogens with zero attached hydrogens (tertiary/aromatic N) is 1. The van der Waals surface area contributed by atoms with E-state index < -0.39 is 17.2 Å². The molecule has 7 nitrogen and oxygen atoms in total. The molecule has 0 radical (unpaired) electrons. The Balaban J connectivity index is 1.77. The van der Waals surface area contributed by atoms with Crippen LogP contribution in [-0.2, 0) is 9.53 Å². The first kappa shape index (κ1) is 14.2. The minimum absolute atomic E-state index is 0.0530. The summed E-state index contributed by atoms with van der Waals surface area (Å²) in [5.74, 6) is -0.270. The summed E-state index contributed by atoms with van der Waals surface area (Å²) in [5, 5.41) is 5.05. The number of amides is 4. The molecule has 7 heteroatoms. The Kier molecular flexibility index (Phi) is 2.93. The Labute approximate surface area is 123 Å². The van der Waals surface area contributed by atoms with Crippen molar-refractivity contribution >= 4 is 18.0 Å². The van der Waals surface area contributed by atoms with Crippen LogP contribution in [0.25, 0.3) is 0 Å². The van der Waals surface area contributed by atoms with Crippen LogP contribution in [0.5, 0.6) is 0 Å². The van der Waals surface area contributed by atoms with Gasteiger partial charge in [0.25, 0.3) is 5.91 Å². The topological polar surface area (TPSA) is 87.7 Å². The highest BCUT2D eigenvalue weighted by Crippen LogP contribution is 2.42. The maximum Gasteiger partial charge on any atom is 0.410 e. The van der Waals surface area contributed by atoms with Crippen molar-refractivity contribution in [2.24, 2.45) is 0 Å². The zero-order valence-electron chi connectivity index (χ0n) is 12.6. The Morgan fingerprint density at radius 2 is 1.81 bits per heavy atom. The molecule has 116 valence electrons. The van der Waals surface area contributed by atoms with Crippen LogP contribution in [0, 0.1) is 0 Å². The van der Waals surface area contributed by atoms with Crippen molar-refractivity contribution in [2.45, 2.75) is 69.7 Å². The quantitative estimate of drug-likeness (QED) is 0.656. The fourth-order valence-electron chi connectivity index (χ4n) is 3.68. The van der Waals surface area contributed by atoms with Gasteiger partial charge < -0.3 is 15.0 Å². The fourth-order valence-corrected chi connectivity index (χ4v) is 3.68. The molecule has 2 N–H and O–H groups in total. The van der Waals surface area contributed by atoms with E-state index in [4.69, 9.17) is 4.74 Å². The second kappa shape index (κ2) is 4.35. The van der Waals surface area contributed by atoms with Crippen molar-refractivity contribution in [3.63, 3.8) is 0 Å². The molecule has 3 aliphatic heterocycles. The second-order valence-electron chi connectivity index (χ2n) is 7.17. The molecule has 3 rings (SSSR count). The minimum Gasteiger partial charge on any atom is -0.444 e. The lowest BCUT2D eigenvalue weighted by molar-refractivity contribution is -0.126. The first-order chi connectivity index (χ1) is 9.70. The van der Waals surface area contributed by atoms with E-state index in [0.29, 0.717) is 12.8 Å². The number of ether oxygens (including phenoxy) is 1. The van der Waals surface area contributed by atoms with Crippen LogP contribution in [0.4, 0.5) is 9.59 Å². The number of piperidine rings is 1. The average molecular weight is 295 g/mol. The van der Waals surface area contributed by atoms with Gasteiger partial charge in [-0.15, -0.1) is 0 Å². The van der Waals surface area contributed by atoms with Crippen LogP contribution in [0.1, 0.15) is 46.5 Å². The highest BCUT2D eigenvalue weighted by Gasteiger charge is 2.57. The molecule has 3 heterocycles. The predicted octanol–water partition coefficient (Wildman–Crippen LogP) is 1.13. The van der Waals surface area contributed by atoms with Gasteiger partial charge in [0.2, 0.25) is 0 Å². The normalized spacial score (nSPS) is 34.9. The maximum absolute atomic E-state index is 12.3. The van der Waals surface area contributed by atoms with Gasteiger partial charge in [0, 0.05) is 24.9 Å². The van der Waals surface area contributed by atoms with Gasteiger partial charge in [-0.2, -0.15) is 0 Å². The van der Waals surface area contributed by atoms with Crippen LogP contribution in [0.2, 0.25) is 0 Å². The number of imide groups is 1. The molecule has 0 aliphatic carbocycles. The molecule has 0 aromatic carbocycles. The van der Waals surface area contributed by atoms with Crippen LogP contribution in [-0.4, -0.2) is 46.2 Å². The van der Waals surface area contributed by atoms with Gasteiger partial charge in [0.05, 0.1) is 0 Å².